The molecule has 1 saturated carbocycles. The van der Waals surface area contributed by atoms with E-state index in [0.29, 0.717) is 30.9 Å². The molecule has 1 heterocycles. The third kappa shape index (κ3) is 3.98. The van der Waals surface area contributed by atoms with Gasteiger partial charge < -0.3 is 14.8 Å². The molecule has 0 unspecified atom stereocenters. The summed E-state index contributed by atoms with van der Waals surface area (Å²) in [4.78, 5) is 38.1. The molecule has 2 aromatic rings. The van der Waals surface area contributed by atoms with Crippen LogP contribution in [0.15, 0.2) is 36.4 Å². The summed E-state index contributed by atoms with van der Waals surface area (Å²) in [6, 6.07) is 9.75. The van der Waals surface area contributed by atoms with Crippen LogP contribution in [0.3, 0.4) is 0 Å². The summed E-state index contributed by atoms with van der Waals surface area (Å²) < 4.78 is 10.5. The molecular formula is C23H25N3O6. The van der Waals surface area contributed by atoms with Crippen LogP contribution in [0.25, 0.3) is 0 Å². The SMILES string of the molecule is COc1cc(CNc2ccc(N3C(=O)[C@H]4CCCC[C@@H]4C3=O)cc2[N+](=O)[O-])cc(OC)c1. The fraction of sp³-hybridized carbons (Fsp3) is 0.391. The highest BCUT2D eigenvalue weighted by Gasteiger charge is 2.49. The first kappa shape index (κ1) is 21.6. The molecule has 4 rings (SSSR count). The van der Waals surface area contributed by atoms with Gasteiger partial charge in [0.05, 0.1) is 36.7 Å². The van der Waals surface area contributed by atoms with Crippen LogP contribution >= 0.6 is 0 Å². The molecule has 0 spiro atoms. The lowest BCUT2D eigenvalue weighted by Gasteiger charge is -2.19. The van der Waals surface area contributed by atoms with Crippen LogP contribution in [0, 0.1) is 22.0 Å². The molecule has 0 aromatic heterocycles. The Morgan fingerprint density at radius 1 is 1.00 bits per heavy atom. The number of rotatable bonds is 7. The lowest BCUT2D eigenvalue weighted by atomic mass is 9.81. The first-order valence-corrected chi connectivity index (χ1v) is 10.5. The standard InChI is InChI=1S/C23H25N3O6/c1-31-16-9-14(10-17(12-16)32-2)13-24-20-8-7-15(11-21(20)26(29)30)25-22(27)18-5-3-4-6-19(18)23(25)28/h7-12,18-19,24H,3-6,13H2,1-2H3/t18-,19-/m0/s1. The molecule has 9 heteroatoms. The van der Waals surface area contributed by atoms with Crippen LogP contribution in [0.5, 0.6) is 11.5 Å². The fourth-order valence-corrected chi connectivity index (χ4v) is 4.54. The van der Waals surface area contributed by atoms with E-state index in [1.54, 1.807) is 38.5 Å². The van der Waals surface area contributed by atoms with Crippen molar-refractivity contribution >= 4 is 28.9 Å². The number of nitro groups is 1. The maximum absolute atomic E-state index is 12.8. The number of hydrogen-bond donors (Lipinski definition) is 1. The molecule has 2 aliphatic rings. The molecule has 2 atom stereocenters. The van der Waals surface area contributed by atoms with Gasteiger partial charge in [-0.1, -0.05) is 12.8 Å². The Hall–Kier alpha value is -3.62. The molecule has 0 radical (unpaired) electrons. The molecule has 9 nitrogen and oxygen atoms in total. The van der Waals surface area contributed by atoms with Crippen molar-refractivity contribution in [3.63, 3.8) is 0 Å². The Morgan fingerprint density at radius 2 is 1.59 bits per heavy atom. The minimum absolute atomic E-state index is 0.201. The Morgan fingerprint density at radius 3 is 2.12 bits per heavy atom. The number of nitrogens with zero attached hydrogens (tertiary/aromatic N) is 2. The zero-order valence-corrected chi connectivity index (χ0v) is 18.0. The molecule has 2 aromatic carbocycles. The van der Waals surface area contributed by atoms with Crippen LogP contribution in [0.2, 0.25) is 0 Å². The van der Waals surface area contributed by atoms with Crippen molar-refractivity contribution in [1.82, 2.24) is 0 Å². The van der Waals surface area contributed by atoms with E-state index in [9.17, 15) is 19.7 Å². The summed E-state index contributed by atoms with van der Waals surface area (Å²) >= 11 is 0. The van der Waals surface area contributed by atoms with E-state index >= 15 is 0 Å². The summed E-state index contributed by atoms with van der Waals surface area (Å²) in [5, 5.41) is 14.8. The molecule has 0 bridgehead atoms. The minimum atomic E-state index is -0.518. The van der Waals surface area contributed by atoms with Crippen molar-refractivity contribution < 1.29 is 24.0 Å². The van der Waals surface area contributed by atoms with Gasteiger partial charge in [0.1, 0.15) is 17.2 Å². The number of carbonyl (C=O) groups excluding carboxylic acids is 2. The maximum atomic E-state index is 12.8. The Bertz CT molecular complexity index is 1020. The highest BCUT2D eigenvalue weighted by Crippen LogP contribution is 2.41. The molecule has 32 heavy (non-hydrogen) atoms. The monoisotopic (exact) mass is 439 g/mol. The summed E-state index contributed by atoms with van der Waals surface area (Å²) in [5.74, 6) is 0.0979. The van der Waals surface area contributed by atoms with E-state index < -0.39 is 4.92 Å². The van der Waals surface area contributed by atoms with Gasteiger partial charge in [0, 0.05) is 18.7 Å². The molecule has 1 aliphatic carbocycles. The van der Waals surface area contributed by atoms with Crippen molar-refractivity contribution in [3.05, 3.63) is 52.1 Å². The van der Waals surface area contributed by atoms with Gasteiger partial charge in [-0.05, 0) is 42.7 Å². The van der Waals surface area contributed by atoms with Gasteiger partial charge in [0.15, 0.2) is 0 Å². The number of benzene rings is 2. The number of hydrogen-bond acceptors (Lipinski definition) is 7. The third-order valence-corrected chi connectivity index (χ3v) is 6.17. The molecule has 1 saturated heterocycles. The maximum Gasteiger partial charge on any atom is 0.294 e. The molecule has 1 N–H and O–H groups in total. The Labute approximate surface area is 185 Å². The smallest absolute Gasteiger partial charge is 0.294 e. The van der Waals surface area contributed by atoms with E-state index in [0.717, 1.165) is 23.3 Å². The van der Waals surface area contributed by atoms with E-state index in [4.69, 9.17) is 9.47 Å². The number of anilines is 2. The first-order chi connectivity index (χ1) is 15.4. The normalized spacial score (nSPS) is 20.1. The van der Waals surface area contributed by atoms with Crippen molar-refractivity contribution in [2.24, 2.45) is 11.8 Å². The zero-order chi connectivity index (χ0) is 22.8. The van der Waals surface area contributed by atoms with Gasteiger partial charge in [-0.25, -0.2) is 4.90 Å². The van der Waals surface area contributed by atoms with Crippen molar-refractivity contribution in [2.75, 3.05) is 24.4 Å². The summed E-state index contributed by atoms with van der Waals surface area (Å²) in [7, 11) is 3.10. The van der Waals surface area contributed by atoms with E-state index in [1.165, 1.54) is 12.1 Å². The average molecular weight is 439 g/mol. The summed E-state index contributed by atoms with van der Waals surface area (Å²) in [5.41, 5.74) is 1.15. The van der Waals surface area contributed by atoms with Crippen molar-refractivity contribution in [3.8, 4) is 11.5 Å². The first-order valence-electron chi connectivity index (χ1n) is 10.5. The average Bonchev–Trinajstić information content (AvgIpc) is 3.07. The van der Waals surface area contributed by atoms with E-state index in [1.807, 2.05) is 0 Å². The second-order valence-electron chi connectivity index (χ2n) is 8.04. The molecule has 168 valence electrons. The largest absolute Gasteiger partial charge is 0.497 e. The number of imide groups is 1. The second kappa shape index (κ2) is 8.86. The van der Waals surface area contributed by atoms with Gasteiger partial charge in [0.2, 0.25) is 11.8 Å². The van der Waals surface area contributed by atoms with E-state index in [2.05, 4.69) is 5.32 Å². The number of carbonyl (C=O) groups is 2. The number of nitro benzene ring substituents is 1. The Balaban J connectivity index is 1.58. The lowest BCUT2D eigenvalue weighted by Crippen LogP contribution is -2.30. The third-order valence-electron chi connectivity index (χ3n) is 6.17. The molecule has 1 aliphatic heterocycles. The van der Waals surface area contributed by atoms with Crippen LogP contribution in [-0.2, 0) is 16.1 Å². The molecule has 2 amide bonds. The lowest BCUT2D eigenvalue weighted by molar-refractivity contribution is -0.383. The van der Waals surface area contributed by atoms with Crippen molar-refractivity contribution in [1.29, 1.82) is 0 Å². The van der Waals surface area contributed by atoms with Gasteiger partial charge in [-0.2, -0.15) is 0 Å². The highest BCUT2D eigenvalue weighted by molar-refractivity contribution is 6.22. The van der Waals surface area contributed by atoms with Gasteiger partial charge in [0.25, 0.3) is 5.69 Å². The topological polar surface area (TPSA) is 111 Å². The predicted molar refractivity (Wildman–Crippen MR) is 118 cm³/mol. The number of nitrogens with one attached hydrogen (secondary N) is 1. The zero-order valence-electron chi connectivity index (χ0n) is 18.0. The fourth-order valence-electron chi connectivity index (χ4n) is 4.54. The molecule has 2 fully saturated rings. The van der Waals surface area contributed by atoms with Crippen LogP contribution in [-0.4, -0.2) is 31.0 Å². The molecular weight excluding hydrogens is 414 g/mol. The number of fused-ring (bicyclic) bond motifs is 1. The minimum Gasteiger partial charge on any atom is -0.497 e. The highest BCUT2D eigenvalue weighted by atomic mass is 16.6. The quantitative estimate of drug-likeness (QED) is 0.396. The Kier molecular flexibility index (Phi) is 5.98. The van der Waals surface area contributed by atoms with Crippen LogP contribution in [0.4, 0.5) is 17.1 Å². The number of ether oxygens (including phenoxy) is 2. The van der Waals surface area contributed by atoms with Gasteiger partial charge >= 0.3 is 0 Å². The van der Waals surface area contributed by atoms with Crippen molar-refractivity contribution in [2.45, 2.75) is 32.2 Å². The predicted octanol–water partition coefficient (Wildman–Crippen LogP) is 3.90. The summed E-state index contributed by atoms with van der Waals surface area (Å²) in [6.45, 7) is 0.291. The van der Waals surface area contributed by atoms with Gasteiger partial charge in [-0.3, -0.25) is 19.7 Å². The summed E-state index contributed by atoms with van der Waals surface area (Å²) in [6.07, 6.45) is 3.23. The van der Waals surface area contributed by atoms with Gasteiger partial charge in [-0.15, -0.1) is 0 Å². The van der Waals surface area contributed by atoms with E-state index in [-0.39, 0.29) is 40.7 Å². The van der Waals surface area contributed by atoms with Crippen LogP contribution < -0.4 is 19.7 Å². The second-order valence-corrected chi connectivity index (χ2v) is 8.04. The number of methoxy groups -OCH3 is 2. The van der Waals surface area contributed by atoms with Crippen LogP contribution in [0.1, 0.15) is 31.2 Å². The number of amides is 2.